The third-order valence-corrected chi connectivity index (χ3v) is 5.77. The van der Waals surface area contributed by atoms with E-state index in [2.05, 4.69) is 27.6 Å². The highest BCUT2D eigenvalue weighted by Gasteiger charge is 2.27. The summed E-state index contributed by atoms with van der Waals surface area (Å²) in [5.41, 5.74) is 4.39. The number of anilines is 1. The molecule has 9 heteroatoms. The topological polar surface area (TPSA) is 118 Å². The fraction of sp³-hybridized carbons (Fsp3) is 0.360. The lowest BCUT2D eigenvalue weighted by Crippen LogP contribution is -2.30. The summed E-state index contributed by atoms with van der Waals surface area (Å²) < 4.78 is 7.16. The third-order valence-electron chi connectivity index (χ3n) is 5.77. The molecule has 2 amide bonds. The smallest absolute Gasteiger partial charge is 0.354 e. The van der Waals surface area contributed by atoms with Crippen molar-refractivity contribution in [2.24, 2.45) is 0 Å². The molecule has 2 heterocycles. The lowest BCUT2D eigenvalue weighted by molar-refractivity contribution is 0.0681. The first-order valence-electron chi connectivity index (χ1n) is 11.6. The number of ether oxygens (including phenoxy) is 1. The monoisotopic (exact) mass is 463 g/mol. The summed E-state index contributed by atoms with van der Waals surface area (Å²) in [5.74, 6) is -0.214. The van der Waals surface area contributed by atoms with Crippen molar-refractivity contribution in [3.63, 3.8) is 0 Å². The quantitative estimate of drug-likeness (QED) is 0.389. The summed E-state index contributed by atoms with van der Waals surface area (Å²) >= 11 is 0. The molecular formula is C25H29N5O4. The Kier molecular flexibility index (Phi) is 7.41. The molecular weight excluding hydrogens is 434 g/mol. The van der Waals surface area contributed by atoms with E-state index in [-0.39, 0.29) is 11.7 Å². The zero-order valence-corrected chi connectivity index (χ0v) is 19.2. The van der Waals surface area contributed by atoms with Crippen LogP contribution < -0.4 is 15.4 Å². The van der Waals surface area contributed by atoms with Gasteiger partial charge in [0.2, 0.25) is 0 Å². The molecule has 0 aliphatic heterocycles. The molecule has 2 aromatic heterocycles. The van der Waals surface area contributed by atoms with E-state index < -0.39 is 5.97 Å². The Balaban J connectivity index is 1.30. The van der Waals surface area contributed by atoms with Crippen molar-refractivity contribution in [2.45, 2.75) is 45.6 Å². The number of hydrogen-bond acceptors (Lipinski definition) is 5. The minimum Gasteiger partial charge on any atom is -0.494 e. The Morgan fingerprint density at radius 3 is 2.74 bits per heavy atom. The van der Waals surface area contributed by atoms with Crippen LogP contribution in [0.4, 0.5) is 10.5 Å². The molecule has 9 nitrogen and oxygen atoms in total. The summed E-state index contributed by atoms with van der Waals surface area (Å²) in [4.78, 5) is 28.3. The number of aromatic nitrogens is 3. The van der Waals surface area contributed by atoms with E-state index in [1.807, 2.05) is 24.4 Å². The number of carbonyl (C=O) groups excluding carboxylic acids is 1. The number of benzene rings is 1. The number of rotatable bonds is 10. The van der Waals surface area contributed by atoms with Crippen LogP contribution in [0, 0.1) is 0 Å². The van der Waals surface area contributed by atoms with Gasteiger partial charge >= 0.3 is 12.0 Å². The van der Waals surface area contributed by atoms with Gasteiger partial charge in [0, 0.05) is 42.3 Å². The molecule has 34 heavy (non-hydrogen) atoms. The molecule has 0 radical (unpaired) electrons. The molecule has 4 rings (SSSR count). The molecule has 0 saturated carbocycles. The summed E-state index contributed by atoms with van der Waals surface area (Å²) in [5, 5.41) is 20.0. The second-order valence-corrected chi connectivity index (χ2v) is 8.20. The Hall–Kier alpha value is -3.88. The summed E-state index contributed by atoms with van der Waals surface area (Å²) in [7, 11) is 0. The highest BCUT2D eigenvalue weighted by Crippen LogP contribution is 2.34. The van der Waals surface area contributed by atoms with Crippen molar-refractivity contribution in [1.29, 1.82) is 0 Å². The minimum absolute atomic E-state index is 0.225. The number of carboxylic acids is 1. The number of carbonyl (C=O) groups is 2. The molecule has 1 aromatic carbocycles. The first kappa shape index (κ1) is 23.3. The number of fused-ring (bicyclic) bond motifs is 3. The maximum Gasteiger partial charge on any atom is 0.354 e. The summed E-state index contributed by atoms with van der Waals surface area (Å²) in [6.07, 6.45) is 7.50. The number of carboxylic acid groups (broad SMARTS) is 1. The first-order chi connectivity index (χ1) is 16.6. The molecule has 3 aromatic rings. The van der Waals surface area contributed by atoms with Gasteiger partial charge in [-0.15, -0.1) is 0 Å². The lowest BCUT2D eigenvalue weighted by Gasteiger charge is -2.14. The maximum absolute atomic E-state index is 12.2. The second-order valence-electron chi connectivity index (χ2n) is 8.20. The van der Waals surface area contributed by atoms with Crippen molar-refractivity contribution in [2.75, 3.05) is 18.5 Å². The molecule has 178 valence electrons. The van der Waals surface area contributed by atoms with E-state index in [0.29, 0.717) is 43.9 Å². The fourth-order valence-electron chi connectivity index (χ4n) is 4.05. The van der Waals surface area contributed by atoms with Crippen LogP contribution in [0.15, 0.2) is 42.7 Å². The molecule has 0 saturated heterocycles. The van der Waals surface area contributed by atoms with Crippen LogP contribution in [-0.4, -0.2) is 45.0 Å². The largest absolute Gasteiger partial charge is 0.494 e. The zero-order chi connectivity index (χ0) is 23.9. The van der Waals surface area contributed by atoms with E-state index in [1.54, 1.807) is 23.0 Å². The Morgan fingerprint density at radius 2 is 1.97 bits per heavy atom. The molecule has 1 aliphatic carbocycles. The molecule has 1 aliphatic rings. The molecule has 0 spiro atoms. The van der Waals surface area contributed by atoms with Crippen molar-refractivity contribution < 1.29 is 19.4 Å². The van der Waals surface area contributed by atoms with Crippen molar-refractivity contribution in [3.05, 3.63) is 59.5 Å². The van der Waals surface area contributed by atoms with Gasteiger partial charge in [-0.3, -0.25) is 9.67 Å². The Labute approximate surface area is 198 Å². The zero-order valence-electron chi connectivity index (χ0n) is 19.2. The number of hydrogen-bond donors (Lipinski definition) is 3. The van der Waals surface area contributed by atoms with Crippen LogP contribution >= 0.6 is 0 Å². The SMILES string of the molecule is CCCCOc1ccc(NC(=O)NCCCn2nc3c(c2C(=O)O)CCc2cnccc2-3)cc1. The van der Waals surface area contributed by atoms with Crippen LogP contribution in [0.5, 0.6) is 5.75 Å². The van der Waals surface area contributed by atoms with Crippen molar-refractivity contribution >= 4 is 17.7 Å². The van der Waals surface area contributed by atoms with Crippen LogP contribution in [0.2, 0.25) is 0 Å². The highest BCUT2D eigenvalue weighted by atomic mass is 16.5. The van der Waals surface area contributed by atoms with E-state index >= 15 is 0 Å². The van der Waals surface area contributed by atoms with Crippen LogP contribution in [0.3, 0.4) is 0 Å². The van der Waals surface area contributed by atoms with Crippen LogP contribution in [-0.2, 0) is 19.4 Å². The first-order valence-corrected chi connectivity index (χ1v) is 11.6. The average molecular weight is 464 g/mol. The predicted molar refractivity (Wildman–Crippen MR) is 128 cm³/mol. The van der Waals surface area contributed by atoms with Crippen molar-refractivity contribution in [1.82, 2.24) is 20.1 Å². The molecule has 0 unspecified atom stereocenters. The number of pyridine rings is 1. The van der Waals surface area contributed by atoms with Gasteiger partial charge in [-0.1, -0.05) is 13.3 Å². The number of aryl methyl sites for hydroxylation is 2. The van der Waals surface area contributed by atoms with Gasteiger partial charge in [0.1, 0.15) is 11.4 Å². The number of nitrogens with one attached hydrogen (secondary N) is 2. The van der Waals surface area contributed by atoms with Gasteiger partial charge in [-0.05, 0) is 61.6 Å². The predicted octanol–water partition coefficient (Wildman–Crippen LogP) is 4.13. The third kappa shape index (κ3) is 5.36. The Bertz CT molecular complexity index is 1160. The summed E-state index contributed by atoms with van der Waals surface area (Å²) in [6, 6.07) is 8.80. The second kappa shape index (κ2) is 10.8. The number of aromatic carboxylic acids is 1. The molecule has 0 bridgehead atoms. The van der Waals surface area contributed by atoms with E-state index in [0.717, 1.165) is 41.7 Å². The highest BCUT2D eigenvalue weighted by molar-refractivity contribution is 5.91. The van der Waals surface area contributed by atoms with Crippen molar-refractivity contribution in [3.8, 4) is 17.0 Å². The van der Waals surface area contributed by atoms with Gasteiger partial charge in [-0.2, -0.15) is 5.10 Å². The molecule has 0 atom stereocenters. The Morgan fingerprint density at radius 1 is 1.15 bits per heavy atom. The molecule has 0 fully saturated rings. The number of amides is 2. The normalized spacial score (nSPS) is 11.9. The number of unbranched alkanes of at least 4 members (excludes halogenated alkanes) is 1. The van der Waals surface area contributed by atoms with Gasteiger partial charge < -0.3 is 20.5 Å². The van der Waals surface area contributed by atoms with Gasteiger partial charge in [0.25, 0.3) is 0 Å². The standard InChI is InChI=1S/C25H29N5O4/c1-2-3-15-34-19-8-6-18(7-9-19)28-25(33)27-12-4-14-30-23(24(31)32)21-10-5-17-16-26-13-11-20(17)22(21)29-30/h6-9,11,13,16H,2-5,10,12,14-15H2,1H3,(H,31,32)(H2,27,28,33). The molecule has 3 N–H and O–H groups in total. The fourth-order valence-corrected chi connectivity index (χ4v) is 4.05. The summed E-state index contributed by atoms with van der Waals surface area (Å²) in [6.45, 7) is 3.56. The average Bonchev–Trinajstić information content (AvgIpc) is 3.22. The van der Waals surface area contributed by atoms with Gasteiger partial charge in [-0.25, -0.2) is 9.59 Å². The minimum atomic E-state index is -0.987. The van der Waals surface area contributed by atoms with Crippen LogP contribution in [0.1, 0.15) is 47.8 Å². The van der Waals surface area contributed by atoms with Gasteiger partial charge in [0.15, 0.2) is 0 Å². The van der Waals surface area contributed by atoms with Crippen LogP contribution in [0.25, 0.3) is 11.3 Å². The van der Waals surface area contributed by atoms with Gasteiger partial charge in [0.05, 0.1) is 12.3 Å². The number of urea groups is 1. The van der Waals surface area contributed by atoms with E-state index in [4.69, 9.17) is 4.74 Å². The number of nitrogens with zero attached hydrogens (tertiary/aromatic N) is 3. The van der Waals surface area contributed by atoms with E-state index in [1.165, 1.54) is 0 Å². The van der Waals surface area contributed by atoms with E-state index in [9.17, 15) is 14.7 Å². The lowest BCUT2D eigenvalue weighted by atomic mass is 9.90. The maximum atomic E-state index is 12.2.